The maximum Gasteiger partial charge on any atom is 0.243 e. The van der Waals surface area contributed by atoms with Crippen molar-refractivity contribution >= 4 is 21.6 Å². The van der Waals surface area contributed by atoms with Gasteiger partial charge in [-0.15, -0.1) is 0 Å². The fourth-order valence-corrected chi connectivity index (χ4v) is 4.29. The standard InChI is InChI=1S/C16H14ClN3O3S/c17-13-2-1-3-15(9-13)24(21,22)20-7-5-14(11-20)23-16-8-12(10-18)4-6-19-16/h1-4,6,8-9,14H,5,7,11H2. The van der Waals surface area contributed by atoms with Gasteiger partial charge >= 0.3 is 0 Å². The van der Waals surface area contributed by atoms with Crippen molar-refractivity contribution in [2.45, 2.75) is 17.4 Å². The summed E-state index contributed by atoms with van der Waals surface area (Å²) in [4.78, 5) is 4.22. The highest BCUT2D eigenvalue weighted by Gasteiger charge is 2.33. The summed E-state index contributed by atoms with van der Waals surface area (Å²) in [6.45, 7) is 0.588. The van der Waals surface area contributed by atoms with Crippen LogP contribution in [0.2, 0.25) is 5.02 Å². The van der Waals surface area contributed by atoms with Crippen molar-refractivity contribution in [1.29, 1.82) is 5.26 Å². The van der Waals surface area contributed by atoms with Gasteiger partial charge in [0.2, 0.25) is 15.9 Å². The molecule has 2 aromatic rings. The number of ether oxygens (including phenoxy) is 1. The van der Waals surface area contributed by atoms with Crippen LogP contribution in [-0.4, -0.2) is 36.9 Å². The van der Waals surface area contributed by atoms with E-state index in [9.17, 15) is 8.42 Å². The first-order valence-corrected chi connectivity index (χ1v) is 9.09. The molecule has 1 fully saturated rings. The number of hydrogen-bond acceptors (Lipinski definition) is 5. The van der Waals surface area contributed by atoms with Crippen LogP contribution < -0.4 is 4.74 Å². The average Bonchev–Trinajstić information content (AvgIpc) is 3.04. The molecule has 1 aromatic carbocycles. The summed E-state index contributed by atoms with van der Waals surface area (Å²) >= 11 is 5.88. The molecule has 3 rings (SSSR count). The lowest BCUT2D eigenvalue weighted by molar-refractivity contribution is 0.207. The summed E-state index contributed by atoms with van der Waals surface area (Å²) in [5.41, 5.74) is 0.446. The van der Waals surface area contributed by atoms with E-state index in [1.807, 2.05) is 6.07 Å². The predicted molar refractivity (Wildman–Crippen MR) is 88.2 cm³/mol. The van der Waals surface area contributed by atoms with Crippen molar-refractivity contribution in [3.63, 3.8) is 0 Å². The van der Waals surface area contributed by atoms with E-state index in [1.165, 1.54) is 28.7 Å². The number of nitriles is 1. The number of benzene rings is 1. The van der Waals surface area contributed by atoms with Crippen LogP contribution in [0.5, 0.6) is 5.88 Å². The van der Waals surface area contributed by atoms with E-state index in [0.717, 1.165) is 0 Å². The highest BCUT2D eigenvalue weighted by Crippen LogP contribution is 2.25. The molecule has 0 radical (unpaired) electrons. The third-order valence-electron chi connectivity index (χ3n) is 3.69. The van der Waals surface area contributed by atoms with Gasteiger partial charge < -0.3 is 4.74 Å². The Bertz CT molecular complexity index is 895. The van der Waals surface area contributed by atoms with Gasteiger partial charge in [0.1, 0.15) is 6.10 Å². The van der Waals surface area contributed by atoms with Gasteiger partial charge in [-0.1, -0.05) is 17.7 Å². The van der Waals surface area contributed by atoms with E-state index in [-0.39, 0.29) is 17.5 Å². The molecule has 1 aliphatic rings. The van der Waals surface area contributed by atoms with Crippen LogP contribution in [-0.2, 0) is 10.0 Å². The molecule has 2 heterocycles. The fraction of sp³-hybridized carbons (Fsp3) is 0.250. The molecule has 1 saturated heterocycles. The van der Waals surface area contributed by atoms with Crippen LogP contribution in [0.4, 0.5) is 0 Å². The van der Waals surface area contributed by atoms with Crippen LogP contribution >= 0.6 is 11.6 Å². The minimum Gasteiger partial charge on any atom is -0.473 e. The van der Waals surface area contributed by atoms with Gasteiger partial charge in [-0.25, -0.2) is 13.4 Å². The second-order valence-electron chi connectivity index (χ2n) is 5.34. The number of sulfonamides is 1. The smallest absolute Gasteiger partial charge is 0.243 e. The summed E-state index contributed by atoms with van der Waals surface area (Å²) in [7, 11) is -3.60. The van der Waals surface area contributed by atoms with E-state index in [1.54, 1.807) is 18.2 Å². The quantitative estimate of drug-likeness (QED) is 0.833. The maximum absolute atomic E-state index is 12.6. The second kappa shape index (κ2) is 6.77. The van der Waals surface area contributed by atoms with Crippen molar-refractivity contribution < 1.29 is 13.2 Å². The molecule has 1 aromatic heterocycles. The lowest BCUT2D eigenvalue weighted by Gasteiger charge is -2.17. The van der Waals surface area contributed by atoms with Crippen LogP contribution in [0, 0.1) is 11.3 Å². The Morgan fingerprint density at radius 2 is 2.17 bits per heavy atom. The van der Waals surface area contributed by atoms with E-state index in [4.69, 9.17) is 21.6 Å². The maximum atomic E-state index is 12.6. The Kier molecular flexibility index (Phi) is 4.71. The molecule has 1 atom stereocenters. The Morgan fingerprint density at radius 1 is 1.33 bits per heavy atom. The van der Waals surface area contributed by atoms with Gasteiger partial charge in [0.25, 0.3) is 0 Å². The van der Waals surface area contributed by atoms with Gasteiger partial charge in [-0.3, -0.25) is 0 Å². The summed E-state index contributed by atoms with van der Waals surface area (Å²) < 4.78 is 32.4. The van der Waals surface area contributed by atoms with Gasteiger partial charge in [0.15, 0.2) is 0 Å². The molecular weight excluding hydrogens is 350 g/mol. The Morgan fingerprint density at radius 3 is 2.92 bits per heavy atom. The minimum absolute atomic E-state index is 0.167. The number of nitrogens with zero attached hydrogens (tertiary/aromatic N) is 3. The first-order valence-electron chi connectivity index (χ1n) is 7.27. The summed E-state index contributed by atoms with van der Waals surface area (Å²) in [5.74, 6) is 0.320. The van der Waals surface area contributed by atoms with Gasteiger partial charge in [0.05, 0.1) is 23.1 Å². The van der Waals surface area contributed by atoms with E-state index in [2.05, 4.69) is 4.98 Å². The van der Waals surface area contributed by atoms with Crippen LogP contribution in [0.1, 0.15) is 12.0 Å². The molecule has 0 amide bonds. The number of rotatable bonds is 4. The highest BCUT2D eigenvalue weighted by molar-refractivity contribution is 7.89. The number of pyridine rings is 1. The second-order valence-corrected chi connectivity index (χ2v) is 7.72. The Balaban J connectivity index is 1.72. The first-order chi connectivity index (χ1) is 11.5. The number of halogens is 1. The zero-order chi connectivity index (χ0) is 17.2. The molecule has 24 heavy (non-hydrogen) atoms. The normalized spacial score (nSPS) is 18.2. The third-order valence-corrected chi connectivity index (χ3v) is 5.79. The largest absolute Gasteiger partial charge is 0.473 e. The van der Waals surface area contributed by atoms with E-state index < -0.39 is 10.0 Å². The molecule has 1 aliphatic heterocycles. The molecule has 6 nitrogen and oxygen atoms in total. The molecule has 1 unspecified atom stereocenters. The van der Waals surface area contributed by atoms with Gasteiger partial charge in [-0.05, 0) is 30.7 Å². The fourth-order valence-electron chi connectivity index (χ4n) is 2.50. The van der Waals surface area contributed by atoms with Crippen molar-refractivity contribution in [1.82, 2.24) is 9.29 Å². The van der Waals surface area contributed by atoms with Crippen molar-refractivity contribution in [3.8, 4) is 11.9 Å². The molecule has 0 spiro atoms. The summed E-state index contributed by atoms with van der Waals surface area (Å²) in [5, 5.41) is 9.26. The van der Waals surface area contributed by atoms with Gasteiger partial charge in [-0.2, -0.15) is 9.57 Å². The SMILES string of the molecule is N#Cc1ccnc(OC2CCN(S(=O)(=O)c3cccc(Cl)c3)C2)c1. The molecule has 0 saturated carbocycles. The van der Waals surface area contributed by atoms with Gasteiger partial charge in [0, 0.05) is 23.8 Å². The molecule has 0 N–H and O–H groups in total. The average molecular weight is 364 g/mol. The molecule has 124 valence electrons. The molecule has 0 aliphatic carbocycles. The van der Waals surface area contributed by atoms with Crippen molar-refractivity contribution in [2.75, 3.05) is 13.1 Å². The first kappa shape index (κ1) is 16.7. The lowest BCUT2D eigenvalue weighted by atomic mass is 10.3. The minimum atomic E-state index is -3.60. The summed E-state index contributed by atoms with van der Waals surface area (Å²) in [6, 6.07) is 11.3. The van der Waals surface area contributed by atoms with Crippen molar-refractivity contribution in [3.05, 3.63) is 53.2 Å². The topological polar surface area (TPSA) is 83.3 Å². The van der Waals surface area contributed by atoms with Crippen molar-refractivity contribution in [2.24, 2.45) is 0 Å². The Hall–Kier alpha value is -2.14. The predicted octanol–water partition coefficient (Wildman–Crippen LogP) is 2.45. The lowest BCUT2D eigenvalue weighted by Crippen LogP contribution is -2.31. The van der Waals surface area contributed by atoms with E-state index in [0.29, 0.717) is 29.4 Å². The number of aromatic nitrogens is 1. The monoisotopic (exact) mass is 363 g/mol. The molecular formula is C16H14ClN3O3S. The van der Waals surface area contributed by atoms with E-state index >= 15 is 0 Å². The Labute approximate surface area is 145 Å². The van der Waals surface area contributed by atoms with Crippen LogP contribution in [0.15, 0.2) is 47.5 Å². The number of hydrogen-bond donors (Lipinski definition) is 0. The van der Waals surface area contributed by atoms with Crippen LogP contribution in [0.25, 0.3) is 0 Å². The molecule has 0 bridgehead atoms. The zero-order valence-electron chi connectivity index (χ0n) is 12.6. The van der Waals surface area contributed by atoms with Crippen LogP contribution in [0.3, 0.4) is 0 Å². The zero-order valence-corrected chi connectivity index (χ0v) is 14.2. The highest BCUT2D eigenvalue weighted by atomic mass is 35.5. The molecule has 8 heteroatoms. The third kappa shape index (κ3) is 3.51. The summed E-state index contributed by atoms with van der Waals surface area (Å²) in [6.07, 6.45) is 1.74.